The van der Waals surface area contributed by atoms with Gasteiger partial charge in [-0.05, 0) is 6.20 Å². The molecule has 3 N–H and O–H groups in total. The molecule has 1 heterocycles. The van der Waals surface area contributed by atoms with Crippen LogP contribution in [0.2, 0.25) is 0 Å². The van der Waals surface area contributed by atoms with Crippen molar-refractivity contribution in [1.82, 2.24) is 10.6 Å². The number of carboxylic acids is 1. The predicted molar refractivity (Wildman–Crippen MR) is 36.6 cm³/mol. The Balaban J connectivity index is 2.45. The Hall–Kier alpha value is -1.03. The lowest BCUT2D eigenvalue weighted by Crippen LogP contribution is -2.40. The summed E-state index contributed by atoms with van der Waals surface area (Å²) in [6.45, 7) is 1.21. The molecule has 0 saturated carbocycles. The summed E-state index contributed by atoms with van der Waals surface area (Å²) >= 11 is 0. The van der Waals surface area contributed by atoms with Gasteiger partial charge in [0.15, 0.2) is 0 Å². The van der Waals surface area contributed by atoms with E-state index in [1.807, 2.05) is 6.08 Å². The second kappa shape index (κ2) is 3.22. The maximum absolute atomic E-state index is 10.4. The zero-order chi connectivity index (χ0) is 7.40. The molecule has 0 bridgehead atoms. The normalized spacial score (nSPS) is 25.0. The minimum Gasteiger partial charge on any atom is -0.480 e. The van der Waals surface area contributed by atoms with Gasteiger partial charge in [-0.2, -0.15) is 0 Å². The van der Waals surface area contributed by atoms with E-state index < -0.39 is 12.0 Å². The first-order valence-corrected chi connectivity index (χ1v) is 3.15. The van der Waals surface area contributed by atoms with Crippen LogP contribution in [0.3, 0.4) is 0 Å². The standard InChI is InChI=1S/C6H10N2O2/c9-6(10)5-4-7-2-1-3-8-5/h1,3,5,7-8H,2,4H2,(H,9,10). The van der Waals surface area contributed by atoms with Crippen LogP contribution in [-0.4, -0.2) is 30.2 Å². The van der Waals surface area contributed by atoms with Gasteiger partial charge in [-0.3, -0.25) is 0 Å². The topological polar surface area (TPSA) is 61.4 Å². The number of aliphatic carboxylic acids is 1. The largest absolute Gasteiger partial charge is 0.480 e. The summed E-state index contributed by atoms with van der Waals surface area (Å²) in [6.07, 6.45) is 3.52. The van der Waals surface area contributed by atoms with E-state index in [4.69, 9.17) is 5.11 Å². The molecule has 0 fully saturated rings. The maximum Gasteiger partial charge on any atom is 0.327 e. The predicted octanol–water partition coefficient (Wildman–Crippen LogP) is -0.854. The summed E-state index contributed by atoms with van der Waals surface area (Å²) in [7, 11) is 0. The van der Waals surface area contributed by atoms with Gasteiger partial charge in [0.2, 0.25) is 0 Å². The van der Waals surface area contributed by atoms with Crippen molar-refractivity contribution in [2.75, 3.05) is 13.1 Å². The lowest BCUT2D eigenvalue weighted by Gasteiger charge is -2.08. The lowest BCUT2D eigenvalue weighted by molar-refractivity contribution is -0.139. The summed E-state index contributed by atoms with van der Waals surface area (Å²) in [5, 5.41) is 14.2. The zero-order valence-electron chi connectivity index (χ0n) is 5.50. The molecular weight excluding hydrogens is 132 g/mol. The highest BCUT2D eigenvalue weighted by Crippen LogP contribution is 1.85. The molecule has 1 unspecified atom stereocenters. The molecule has 56 valence electrons. The first-order chi connectivity index (χ1) is 4.80. The van der Waals surface area contributed by atoms with Gasteiger partial charge >= 0.3 is 5.97 Å². The van der Waals surface area contributed by atoms with Gasteiger partial charge in [0.05, 0.1) is 0 Å². The summed E-state index contributed by atoms with van der Waals surface area (Å²) in [4.78, 5) is 10.4. The third-order valence-corrected chi connectivity index (χ3v) is 1.32. The molecule has 0 aromatic carbocycles. The second-order valence-electron chi connectivity index (χ2n) is 2.12. The maximum atomic E-state index is 10.4. The monoisotopic (exact) mass is 142 g/mol. The van der Waals surface area contributed by atoms with Crippen molar-refractivity contribution < 1.29 is 9.90 Å². The van der Waals surface area contributed by atoms with E-state index in [1.54, 1.807) is 6.20 Å². The molecule has 0 spiro atoms. The van der Waals surface area contributed by atoms with E-state index in [-0.39, 0.29) is 0 Å². The first kappa shape index (κ1) is 7.08. The van der Waals surface area contributed by atoms with E-state index in [1.165, 1.54) is 0 Å². The fraction of sp³-hybridized carbons (Fsp3) is 0.500. The quantitative estimate of drug-likeness (QED) is 0.446. The second-order valence-corrected chi connectivity index (χ2v) is 2.12. The summed E-state index contributed by atoms with van der Waals surface area (Å²) in [5.41, 5.74) is 0. The number of hydrogen-bond donors (Lipinski definition) is 3. The Bertz CT molecular complexity index is 156. The molecular formula is C6H10N2O2. The zero-order valence-corrected chi connectivity index (χ0v) is 5.50. The van der Waals surface area contributed by atoms with Gasteiger partial charge in [0.1, 0.15) is 6.04 Å². The summed E-state index contributed by atoms with van der Waals surface area (Å²) < 4.78 is 0. The molecule has 0 amide bonds. The third kappa shape index (κ3) is 1.73. The molecule has 1 rings (SSSR count). The molecule has 4 heteroatoms. The summed E-state index contributed by atoms with van der Waals surface area (Å²) in [6, 6.07) is -0.487. The Labute approximate surface area is 58.9 Å². The van der Waals surface area contributed by atoms with Crippen molar-refractivity contribution in [3.05, 3.63) is 12.3 Å². The van der Waals surface area contributed by atoms with Crippen LogP contribution in [0.5, 0.6) is 0 Å². The molecule has 1 atom stereocenters. The Morgan fingerprint density at radius 1 is 1.70 bits per heavy atom. The van der Waals surface area contributed by atoms with Crippen molar-refractivity contribution in [1.29, 1.82) is 0 Å². The Morgan fingerprint density at radius 3 is 3.20 bits per heavy atom. The van der Waals surface area contributed by atoms with Crippen molar-refractivity contribution in [3.8, 4) is 0 Å². The lowest BCUT2D eigenvalue weighted by atomic mass is 10.3. The molecule has 0 radical (unpaired) electrons. The molecule has 4 nitrogen and oxygen atoms in total. The fourth-order valence-electron chi connectivity index (χ4n) is 0.772. The van der Waals surface area contributed by atoms with Crippen molar-refractivity contribution in [2.24, 2.45) is 0 Å². The average Bonchev–Trinajstić information content (AvgIpc) is 2.12. The molecule has 1 aliphatic heterocycles. The van der Waals surface area contributed by atoms with Crippen LogP contribution in [0.15, 0.2) is 12.3 Å². The van der Waals surface area contributed by atoms with Crippen LogP contribution < -0.4 is 10.6 Å². The summed E-state index contributed by atoms with van der Waals surface area (Å²) in [5.74, 6) is -0.820. The number of carboxylic acid groups (broad SMARTS) is 1. The smallest absolute Gasteiger partial charge is 0.327 e. The van der Waals surface area contributed by atoms with Crippen LogP contribution in [0.25, 0.3) is 0 Å². The van der Waals surface area contributed by atoms with E-state index in [9.17, 15) is 4.79 Å². The molecule has 10 heavy (non-hydrogen) atoms. The fourth-order valence-corrected chi connectivity index (χ4v) is 0.772. The number of rotatable bonds is 1. The molecule has 0 saturated heterocycles. The third-order valence-electron chi connectivity index (χ3n) is 1.32. The van der Waals surface area contributed by atoms with E-state index in [2.05, 4.69) is 10.6 Å². The van der Waals surface area contributed by atoms with Crippen LogP contribution >= 0.6 is 0 Å². The van der Waals surface area contributed by atoms with Crippen molar-refractivity contribution >= 4 is 5.97 Å². The minimum absolute atomic E-state index is 0.475. The van der Waals surface area contributed by atoms with Crippen molar-refractivity contribution in [2.45, 2.75) is 6.04 Å². The van der Waals surface area contributed by atoms with E-state index in [0.29, 0.717) is 6.54 Å². The highest BCUT2D eigenvalue weighted by Gasteiger charge is 2.14. The highest BCUT2D eigenvalue weighted by molar-refractivity contribution is 5.74. The van der Waals surface area contributed by atoms with E-state index in [0.717, 1.165) is 6.54 Å². The average molecular weight is 142 g/mol. The van der Waals surface area contributed by atoms with Crippen LogP contribution in [0.1, 0.15) is 0 Å². The first-order valence-electron chi connectivity index (χ1n) is 3.15. The van der Waals surface area contributed by atoms with Crippen molar-refractivity contribution in [3.63, 3.8) is 0 Å². The SMILES string of the molecule is O=C(O)C1CNCC=CN1. The Kier molecular flexibility index (Phi) is 2.28. The Morgan fingerprint density at radius 2 is 2.50 bits per heavy atom. The van der Waals surface area contributed by atoms with Crippen LogP contribution in [0.4, 0.5) is 0 Å². The minimum atomic E-state index is -0.820. The van der Waals surface area contributed by atoms with Gasteiger partial charge in [-0.1, -0.05) is 6.08 Å². The molecule has 0 aliphatic carbocycles. The highest BCUT2D eigenvalue weighted by atomic mass is 16.4. The van der Waals surface area contributed by atoms with Gasteiger partial charge in [-0.15, -0.1) is 0 Å². The van der Waals surface area contributed by atoms with E-state index >= 15 is 0 Å². The van der Waals surface area contributed by atoms with Crippen LogP contribution in [0, 0.1) is 0 Å². The molecule has 0 aromatic rings. The van der Waals surface area contributed by atoms with Gasteiger partial charge in [0, 0.05) is 13.1 Å². The van der Waals surface area contributed by atoms with Gasteiger partial charge in [-0.25, -0.2) is 4.79 Å². The number of nitrogens with one attached hydrogen (secondary N) is 2. The molecule has 1 aliphatic rings. The molecule has 0 aromatic heterocycles. The van der Waals surface area contributed by atoms with Gasteiger partial charge < -0.3 is 15.7 Å². The van der Waals surface area contributed by atoms with Gasteiger partial charge in [0.25, 0.3) is 0 Å². The van der Waals surface area contributed by atoms with Crippen LogP contribution in [-0.2, 0) is 4.79 Å². The number of carbonyl (C=O) groups is 1. The number of hydrogen-bond acceptors (Lipinski definition) is 3.